The first-order valence-electron chi connectivity index (χ1n) is 6.19. The summed E-state index contributed by atoms with van der Waals surface area (Å²) in [4.78, 5) is 16.6. The van der Waals surface area contributed by atoms with E-state index >= 15 is 0 Å². The molecule has 3 nitrogen and oxygen atoms in total. The molecule has 0 heterocycles. The van der Waals surface area contributed by atoms with E-state index in [1.54, 1.807) is 6.92 Å². The summed E-state index contributed by atoms with van der Waals surface area (Å²) in [7, 11) is 0. The molecule has 0 aliphatic carbocycles. The molecule has 0 bridgehead atoms. The van der Waals surface area contributed by atoms with Crippen molar-refractivity contribution in [2.24, 2.45) is 5.16 Å². The molecule has 2 aromatic carbocycles. The highest BCUT2D eigenvalue weighted by Gasteiger charge is 2.05. The highest BCUT2D eigenvalue weighted by molar-refractivity contribution is 9.10. The molecule has 0 spiro atoms. The molecule has 0 radical (unpaired) electrons. The van der Waals surface area contributed by atoms with Gasteiger partial charge in [-0.15, -0.1) is 0 Å². The second-order valence-corrected chi connectivity index (χ2v) is 5.22. The molecule has 2 rings (SSSR count). The molecule has 0 unspecified atom stereocenters. The van der Waals surface area contributed by atoms with Gasteiger partial charge in [-0.1, -0.05) is 63.6 Å². The summed E-state index contributed by atoms with van der Waals surface area (Å²) < 4.78 is 0.995. The molecule has 20 heavy (non-hydrogen) atoms. The molecule has 4 heteroatoms. The number of nitrogens with zero attached hydrogens (tertiary/aromatic N) is 1. The molecule has 0 fully saturated rings. The first kappa shape index (κ1) is 14.5. The third-order valence-electron chi connectivity index (χ3n) is 2.74. The van der Waals surface area contributed by atoms with E-state index in [1.807, 2.05) is 54.6 Å². The quantitative estimate of drug-likeness (QED) is 0.483. The number of halogens is 1. The predicted octanol–water partition coefficient (Wildman–Crippen LogP) is 3.96. The summed E-state index contributed by atoms with van der Waals surface area (Å²) >= 11 is 3.37. The maximum Gasteiger partial charge on any atom is 0.339 e. The van der Waals surface area contributed by atoms with Crippen LogP contribution in [0.2, 0.25) is 0 Å². The summed E-state index contributed by atoms with van der Waals surface area (Å²) in [5.41, 5.74) is 2.49. The van der Waals surface area contributed by atoms with Gasteiger partial charge in [0.1, 0.15) is 0 Å². The number of carbonyl (C=O) groups excluding carboxylic acids is 1. The van der Waals surface area contributed by atoms with Crippen molar-refractivity contribution in [3.63, 3.8) is 0 Å². The van der Waals surface area contributed by atoms with E-state index in [9.17, 15) is 4.79 Å². The lowest BCUT2D eigenvalue weighted by Crippen LogP contribution is -2.06. The van der Waals surface area contributed by atoms with Crippen LogP contribution in [0.25, 0.3) is 0 Å². The maximum atomic E-state index is 11.7. The third-order valence-corrected chi connectivity index (χ3v) is 3.27. The van der Waals surface area contributed by atoms with E-state index in [0.29, 0.717) is 5.71 Å². The average molecular weight is 332 g/mol. The molecule has 2 aromatic rings. The van der Waals surface area contributed by atoms with E-state index in [1.165, 1.54) is 0 Å². The summed E-state index contributed by atoms with van der Waals surface area (Å²) in [6, 6.07) is 17.1. The van der Waals surface area contributed by atoms with Crippen molar-refractivity contribution < 1.29 is 9.63 Å². The Morgan fingerprint density at radius 1 is 1.10 bits per heavy atom. The Labute approximate surface area is 126 Å². The van der Waals surface area contributed by atoms with Gasteiger partial charge in [-0.05, 0) is 30.2 Å². The van der Waals surface area contributed by atoms with Crippen LogP contribution in [0.15, 0.2) is 64.2 Å². The van der Waals surface area contributed by atoms with Crippen LogP contribution in [-0.4, -0.2) is 11.7 Å². The fraction of sp³-hybridized carbons (Fsp3) is 0.125. The molecule has 0 aliphatic rings. The molecule has 0 saturated carbocycles. The Bertz CT molecular complexity index is 606. The minimum Gasteiger partial charge on any atom is -0.318 e. The average Bonchev–Trinajstić information content (AvgIpc) is 2.46. The predicted molar refractivity (Wildman–Crippen MR) is 82.6 cm³/mol. The molecule has 0 amide bonds. The summed E-state index contributed by atoms with van der Waals surface area (Å²) in [6.07, 6.45) is 0.220. The van der Waals surface area contributed by atoms with Gasteiger partial charge in [-0.3, -0.25) is 0 Å². The summed E-state index contributed by atoms with van der Waals surface area (Å²) in [5, 5.41) is 3.87. The number of hydrogen-bond donors (Lipinski definition) is 0. The van der Waals surface area contributed by atoms with Gasteiger partial charge in [0, 0.05) is 4.47 Å². The monoisotopic (exact) mass is 331 g/mol. The molecule has 0 atom stereocenters. The fourth-order valence-corrected chi connectivity index (χ4v) is 1.92. The van der Waals surface area contributed by atoms with E-state index in [0.717, 1.165) is 15.6 Å². The van der Waals surface area contributed by atoms with Gasteiger partial charge < -0.3 is 4.84 Å². The lowest BCUT2D eigenvalue weighted by Gasteiger charge is -2.02. The molecule has 102 valence electrons. The van der Waals surface area contributed by atoms with Gasteiger partial charge in [-0.25, -0.2) is 4.79 Å². The zero-order valence-corrected chi connectivity index (χ0v) is 12.6. The van der Waals surface area contributed by atoms with Crippen molar-refractivity contribution in [3.8, 4) is 0 Å². The van der Waals surface area contributed by atoms with Gasteiger partial charge >= 0.3 is 5.97 Å². The number of carbonyl (C=O) groups is 1. The molecular formula is C16H14BrNO2. The maximum absolute atomic E-state index is 11.7. The number of oxime groups is 1. The molecule has 0 aromatic heterocycles. The van der Waals surface area contributed by atoms with Gasteiger partial charge in [0.25, 0.3) is 0 Å². The summed E-state index contributed by atoms with van der Waals surface area (Å²) in [5.74, 6) is -0.368. The Morgan fingerprint density at radius 3 is 2.40 bits per heavy atom. The van der Waals surface area contributed by atoms with Crippen LogP contribution >= 0.6 is 15.9 Å². The zero-order chi connectivity index (χ0) is 14.4. The fourth-order valence-electron chi connectivity index (χ4n) is 1.66. The number of benzene rings is 2. The van der Waals surface area contributed by atoms with Crippen LogP contribution < -0.4 is 0 Å². The second-order valence-electron chi connectivity index (χ2n) is 4.31. The van der Waals surface area contributed by atoms with Crippen LogP contribution in [0.3, 0.4) is 0 Å². The smallest absolute Gasteiger partial charge is 0.318 e. The SMILES string of the molecule is C/C(=N\OC(=O)Cc1ccccc1)c1ccc(Br)cc1. The Balaban J connectivity index is 1.95. The van der Waals surface area contributed by atoms with Gasteiger partial charge in [-0.2, -0.15) is 0 Å². The Kier molecular flexibility index (Phi) is 5.07. The van der Waals surface area contributed by atoms with Crippen LogP contribution in [0.5, 0.6) is 0 Å². The first-order valence-corrected chi connectivity index (χ1v) is 6.99. The third kappa shape index (κ3) is 4.31. The first-order chi connectivity index (χ1) is 9.65. The Morgan fingerprint density at radius 2 is 1.75 bits per heavy atom. The highest BCUT2D eigenvalue weighted by atomic mass is 79.9. The Hall–Kier alpha value is -1.94. The summed E-state index contributed by atoms with van der Waals surface area (Å²) in [6.45, 7) is 1.80. The molecule has 0 aliphatic heterocycles. The van der Waals surface area contributed by atoms with Crippen LogP contribution in [0.1, 0.15) is 18.1 Å². The van der Waals surface area contributed by atoms with Crippen molar-refractivity contribution in [3.05, 3.63) is 70.2 Å². The number of rotatable bonds is 4. The van der Waals surface area contributed by atoms with E-state index < -0.39 is 0 Å². The molecular weight excluding hydrogens is 318 g/mol. The molecule has 0 saturated heterocycles. The van der Waals surface area contributed by atoms with Crippen LogP contribution in [0.4, 0.5) is 0 Å². The van der Waals surface area contributed by atoms with E-state index in [2.05, 4.69) is 21.1 Å². The van der Waals surface area contributed by atoms with Crippen LogP contribution in [0, 0.1) is 0 Å². The van der Waals surface area contributed by atoms with E-state index in [4.69, 9.17) is 4.84 Å². The van der Waals surface area contributed by atoms with Gasteiger partial charge in [0.2, 0.25) is 0 Å². The molecule has 0 N–H and O–H groups in total. The van der Waals surface area contributed by atoms with Crippen molar-refractivity contribution in [2.45, 2.75) is 13.3 Å². The van der Waals surface area contributed by atoms with Gasteiger partial charge in [0.05, 0.1) is 12.1 Å². The highest BCUT2D eigenvalue weighted by Crippen LogP contribution is 2.11. The van der Waals surface area contributed by atoms with Crippen molar-refractivity contribution in [1.82, 2.24) is 0 Å². The zero-order valence-electron chi connectivity index (χ0n) is 11.0. The lowest BCUT2D eigenvalue weighted by atomic mass is 10.1. The number of hydrogen-bond acceptors (Lipinski definition) is 3. The second kappa shape index (κ2) is 7.01. The lowest BCUT2D eigenvalue weighted by molar-refractivity contribution is -0.142. The van der Waals surface area contributed by atoms with Crippen LogP contribution in [-0.2, 0) is 16.1 Å². The van der Waals surface area contributed by atoms with Crippen molar-refractivity contribution >= 4 is 27.6 Å². The standard InChI is InChI=1S/C16H14BrNO2/c1-12(14-7-9-15(17)10-8-14)18-20-16(19)11-13-5-3-2-4-6-13/h2-10H,11H2,1H3/b18-12+. The van der Waals surface area contributed by atoms with Crippen molar-refractivity contribution in [1.29, 1.82) is 0 Å². The van der Waals surface area contributed by atoms with Gasteiger partial charge in [0.15, 0.2) is 0 Å². The minimum atomic E-state index is -0.368. The normalized spacial score (nSPS) is 11.2. The minimum absolute atomic E-state index is 0.220. The van der Waals surface area contributed by atoms with E-state index in [-0.39, 0.29) is 12.4 Å². The topological polar surface area (TPSA) is 38.7 Å². The van der Waals surface area contributed by atoms with Crippen molar-refractivity contribution in [2.75, 3.05) is 0 Å². The largest absolute Gasteiger partial charge is 0.339 e.